The Kier molecular flexibility index (Phi) is 4.12. The molecule has 0 radical (unpaired) electrons. The average Bonchev–Trinajstić information content (AvgIpc) is 2.65. The Hall–Kier alpha value is -1.36. The molecule has 72 valence electrons. The minimum atomic E-state index is 0.0328. The maximum atomic E-state index is 8.60. The van der Waals surface area contributed by atoms with E-state index in [1.165, 1.54) is 11.3 Å². The molecule has 14 heavy (non-hydrogen) atoms. The molecule has 3 nitrogen and oxygen atoms in total. The van der Waals surface area contributed by atoms with E-state index in [1.807, 2.05) is 19.1 Å². The Morgan fingerprint density at radius 2 is 2.29 bits per heavy atom. The lowest BCUT2D eigenvalue weighted by Crippen LogP contribution is -2.19. The van der Waals surface area contributed by atoms with Gasteiger partial charge < -0.3 is 5.32 Å². The topological polar surface area (TPSA) is 59.6 Å². The zero-order valence-corrected chi connectivity index (χ0v) is 8.77. The van der Waals surface area contributed by atoms with Crippen molar-refractivity contribution in [3.8, 4) is 12.1 Å². The van der Waals surface area contributed by atoms with Crippen LogP contribution < -0.4 is 5.32 Å². The highest BCUT2D eigenvalue weighted by atomic mass is 32.1. The minimum Gasteiger partial charge on any atom is -0.311 e. The van der Waals surface area contributed by atoms with E-state index >= 15 is 0 Å². The van der Waals surface area contributed by atoms with Crippen LogP contribution >= 0.6 is 11.3 Å². The summed E-state index contributed by atoms with van der Waals surface area (Å²) in [7, 11) is 0. The van der Waals surface area contributed by atoms with E-state index in [0.29, 0.717) is 6.54 Å². The molecule has 1 atom stereocenters. The summed E-state index contributed by atoms with van der Waals surface area (Å²) < 4.78 is 0. The average molecular weight is 205 g/mol. The van der Waals surface area contributed by atoms with Crippen molar-refractivity contribution < 1.29 is 0 Å². The quantitative estimate of drug-likeness (QED) is 0.816. The first-order valence-electron chi connectivity index (χ1n) is 4.35. The van der Waals surface area contributed by atoms with Gasteiger partial charge in [0.25, 0.3) is 0 Å². The number of hydrogen-bond acceptors (Lipinski definition) is 4. The van der Waals surface area contributed by atoms with E-state index < -0.39 is 0 Å². The van der Waals surface area contributed by atoms with Crippen LogP contribution in [0, 0.1) is 28.6 Å². The van der Waals surface area contributed by atoms with Crippen molar-refractivity contribution >= 4 is 11.3 Å². The molecule has 0 bridgehead atoms. The number of thiophene rings is 1. The van der Waals surface area contributed by atoms with Crippen molar-refractivity contribution in [2.45, 2.75) is 13.5 Å². The Bertz CT molecular complexity index is 369. The normalized spacial score (nSPS) is 11.6. The van der Waals surface area contributed by atoms with Crippen LogP contribution in [0.3, 0.4) is 0 Å². The van der Waals surface area contributed by atoms with Crippen LogP contribution in [0.5, 0.6) is 0 Å². The predicted molar refractivity (Wildman–Crippen MR) is 55.5 cm³/mol. The molecular weight excluding hydrogens is 194 g/mol. The molecule has 0 aliphatic rings. The van der Waals surface area contributed by atoms with Gasteiger partial charge in [0.2, 0.25) is 0 Å². The van der Waals surface area contributed by atoms with Crippen LogP contribution in [-0.4, -0.2) is 6.54 Å². The molecule has 4 heteroatoms. The molecule has 1 heterocycles. The highest BCUT2D eigenvalue weighted by Crippen LogP contribution is 2.14. The smallest absolute Gasteiger partial charge is 0.110 e. The first-order valence-corrected chi connectivity index (χ1v) is 5.17. The highest BCUT2D eigenvalue weighted by molar-refractivity contribution is 7.12. The summed E-state index contributed by atoms with van der Waals surface area (Å²) in [6, 6.07) is 8.00. The fraction of sp³-hybridized carbons (Fsp3) is 0.400. The van der Waals surface area contributed by atoms with Gasteiger partial charge in [-0.25, -0.2) is 0 Å². The maximum Gasteiger partial charge on any atom is 0.110 e. The van der Waals surface area contributed by atoms with Crippen molar-refractivity contribution in [1.29, 1.82) is 10.5 Å². The first kappa shape index (κ1) is 10.7. The largest absolute Gasteiger partial charge is 0.311 e. The Morgan fingerprint density at radius 1 is 1.50 bits per heavy atom. The first-order chi connectivity index (χ1) is 6.76. The van der Waals surface area contributed by atoms with Gasteiger partial charge in [0.05, 0.1) is 12.0 Å². The summed E-state index contributed by atoms with van der Waals surface area (Å²) in [6.45, 7) is 3.30. The van der Waals surface area contributed by atoms with Gasteiger partial charge in [-0.2, -0.15) is 10.5 Å². The summed E-state index contributed by atoms with van der Waals surface area (Å²) in [5, 5.41) is 20.3. The van der Waals surface area contributed by atoms with Gasteiger partial charge >= 0.3 is 0 Å². The molecule has 1 aromatic rings. The van der Waals surface area contributed by atoms with Crippen LogP contribution in [0.1, 0.15) is 16.7 Å². The number of nitriles is 2. The van der Waals surface area contributed by atoms with Gasteiger partial charge in [0, 0.05) is 18.0 Å². The molecular formula is C10H11N3S. The summed E-state index contributed by atoms with van der Waals surface area (Å²) in [5.41, 5.74) is 0. The highest BCUT2D eigenvalue weighted by Gasteiger charge is 2.01. The zero-order valence-electron chi connectivity index (χ0n) is 7.95. The second kappa shape index (κ2) is 5.39. The van der Waals surface area contributed by atoms with E-state index in [4.69, 9.17) is 10.5 Å². The fourth-order valence-electron chi connectivity index (χ4n) is 0.991. The lowest BCUT2D eigenvalue weighted by atomic mass is 10.2. The van der Waals surface area contributed by atoms with E-state index in [2.05, 4.69) is 17.5 Å². The zero-order chi connectivity index (χ0) is 10.4. The Morgan fingerprint density at radius 3 is 2.86 bits per heavy atom. The second-order valence-electron chi connectivity index (χ2n) is 3.04. The van der Waals surface area contributed by atoms with Gasteiger partial charge in [0.15, 0.2) is 0 Å². The number of nitrogens with zero attached hydrogens (tertiary/aromatic N) is 2. The van der Waals surface area contributed by atoms with Crippen molar-refractivity contribution in [1.82, 2.24) is 5.32 Å². The monoisotopic (exact) mass is 205 g/mol. The summed E-state index contributed by atoms with van der Waals surface area (Å²) >= 11 is 1.49. The Labute approximate surface area is 87.6 Å². The lowest BCUT2D eigenvalue weighted by molar-refractivity contribution is 0.605. The number of nitrogens with one attached hydrogen (secondary N) is 1. The van der Waals surface area contributed by atoms with Crippen LogP contribution in [-0.2, 0) is 6.54 Å². The molecule has 0 aliphatic carbocycles. The SMILES string of the molecule is CC(C#N)CNCc1ccc(C#N)s1. The minimum absolute atomic E-state index is 0.0328. The molecule has 1 N–H and O–H groups in total. The van der Waals surface area contributed by atoms with Crippen LogP contribution in [0.2, 0.25) is 0 Å². The third kappa shape index (κ3) is 3.18. The molecule has 1 unspecified atom stereocenters. The third-order valence-electron chi connectivity index (χ3n) is 1.74. The van der Waals surface area contributed by atoms with Gasteiger partial charge in [-0.15, -0.1) is 11.3 Å². The van der Waals surface area contributed by atoms with Gasteiger partial charge in [-0.3, -0.25) is 0 Å². The van der Waals surface area contributed by atoms with E-state index in [0.717, 1.165) is 16.3 Å². The van der Waals surface area contributed by atoms with Crippen LogP contribution in [0.25, 0.3) is 0 Å². The van der Waals surface area contributed by atoms with Crippen molar-refractivity contribution in [2.75, 3.05) is 6.54 Å². The molecule has 0 aromatic carbocycles. The van der Waals surface area contributed by atoms with E-state index in [9.17, 15) is 0 Å². The second-order valence-corrected chi connectivity index (χ2v) is 4.21. The third-order valence-corrected chi connectivity index (χ3v) is 2.73. The van der Waals surface area contributed by atoms with Gasteiger partial charge in [-0.1, -0.05) is 0 Å². The summed E-state index contributed by atoms with van der Waals surface area (Å²) in [6.07, 6.45) is 0. The standard InChI is InChI=1S/C10H11N3S/c1-8(4-11)6-13-7-10-3-2-9(5-12)14-10/h2-3,8,13H,6-7H2,1H3. The van der Waals surface area contributed by atoms with E-state index in [-0.39, 0.29) is 5.92 Å². The molecule has 1 aromatic heterocycles. The number of hydrogen-bond donors (Lipinski definition) is 1. The molecule has 0 saturated carbocycles. The van der Waals surface area contributed by atoms with Crippen molar-refractivity contribution in [2.24, 2.45) is 5.92 Å². The van der Waals surface area contributed by atoms with Crippen LogP contribution in [0.4, 0.5) is 0 Å². The number of rotatable bonds is 4. The van der Waals surface area contributed by atoms with E-state index in [1.54, 1.807) is 0 Å². The van der Waals surface area contributed by atoms with Crippen molar-refractivity contribution in [3.63, 3.8) is 0 Å². The summed E-state index contributed by atoms with van der Waals surface area (Å²) in [5.74, 6) is 0.0328. The molecule has 1 rings (SSSR count). The molecule has 0 spiro atoms. The molecule has 0 fully saturated rings. The summed E-state index contributed by atoms with van der Waals surface area (Å²) in [4.78, 5) is 1.86. The molecule has 0 aliphatic heterocycles. The Balaban J connectivity index is 2.33. The maximum absolute atomic E-state index is 8.60. The predicted octanol–water partition coefficient (Wildman–Crippen LogP) is 1.87. The van der Waals surface area contributed by atoms with Gasteiger partial charge in [-0.05, 0) is 19.1 Å². The van der Waals surface area contributed by atoms with Crippen molar-refractivity contribution in [3.05, 3.63) is 21.9 Å². The molecule has 0 amide bonds. The fourth-order valence-corrected chi connectivity index (χ4v) is 1.77. The van der Waals surface area contributed by atoms with Gasteiger partial charge in [0.1, 0.15) is 10.9 Å². The lowest BCUT2D eigenvalue weighted by Gasteiger charge is -2.03. The van der Waals surface area contributed by atoms with Crippen LogP contribution in [0.15, 0.2) is 12.1 Å². The molecule has 0 saturated heterocycles.